The maximum atomic E-state index is 10.9. The predicted octanol–water partition coefficient (Wildman–Crippen LogP) is 5.25. The van der Waals surface area contributed by atoms with Gasteiger partial charge in [0.25, 0.3) is 0 Å². The molecule has 0 radical (unpaired) electrons. The highest BCUT2D eigenvalue weighted by molar-refractivity contribution is 7.85. The summed E-state index contributed by atoms with van der Waals surface area (Å²) in [5, 5.41) is 18.6. The van der Waals surface area contributed by atoms with E-state index in [1.165, 1.54) is 57.0 Å². The lowest BCUT2D eigenvalue weighted by Crippen LogP contribution is -2.20. The van der Waals surface area contributed by atoms with Crippen molar-refractivity contribution in [3.05, 3.63) is 48.5 Å². The lowest BCUT2D eigenvalue weighted by molar-refractivity contribution is -0.140. The van der Waals surface area contributed by atoms with Gasteiger partial charge < -0.3 is 24.2 Å². The summed E-state index contributed by atoms with van der Waals surface area (Å²) in [6, 6.07) is 14.2. The van der Waals surface area contributed by atoms with Gasteiger partial charge in [0.05, 0.1) is 28.7 Å². The molecule has 0 bridgehead atoms. The molecule has 0 amide bonds. The molecule has 2 rings (SSSR count). The van der Waals surface area contributed by atoms with Crippen LogP contribution in [0.3, 0.4) is 0 Å². The van der Waals surface area contributed by atoms with Crippen LogP contribution in [0.5, 0.6) is 11.5 Å². The maximum Gasteiger partial charge on any atom is 0.341 e. The van der Waals surface area contributed by atoms with E-state index in [2.05, 4.69) is 51.1 Å². The molecule has 2 aromatic carbocycles. The van der Waals surface area contributed by atoms with Gasteiger partial charge in [0.1, 0.15) is 21.6 Å². The Morgan fingerprint density at radius 2 is 1.18 bits per heavy atom. The van der Waals surface area contributed by atoms with E-state index in [0.29, 0.717) is 0 Å². The molecule has 0 saturated carbocycles. The summed E-state index contributed by atoms with van der Waals surface area (Å²) in [5.74, 6) is -3.11. The Bertz CT molecular complexity index is 1060. The van der Waals surface area contributed by atoms with Crippen LogP contribution in [-0.4, -0.2) is 66.8 Å². The minimum Gasteiger partial charge on any atom is -0.744 e. The fourth-order valence-corrected chi connectivity index (χ4v) is 9.53. The van der Waals surface area contributed by atoms with E-state index >= 15 is 0 Å². The number of unbranched alkanes of at least 4 members (excludes halogenated alkanes) is 3. The van der Waals surface area contributed by atoms with E-state index < -0.39 is 47.4 Å². The van der Waals surface area contributed by atoms with Crippen molar-refractivity contribution in [3.8, 4) is 11.5 Å². The first-order chi connectivity index (χ1) is 18.5. The molecule has 2 aromatic rings. The number of carboxylic acids is 2. The molecule has 0 spiro atoms. The third-order valence-electron chi connectivity index (χ3n) is 5.99. The Morgan fingerprint density at radius 3 is 1.51 bits per heavy atom. The summed E-state index contributed by atoms with van der Waals surface area (Å²) in [7, 11) is -5.73. The molecule has 0 fully saturated rings. The van der Waals surface area contributed by atoms with Crippen LogP contribution in [-0.2, 0) is 19.7 Å². The molecule has 2 N–H and O–H groups in total. The van der Waals surface area contributed by atoms with Crippen LogP contribution >= 0.6 is 7.26 Å². The number of carboxylic acid groups (broad SMARTS) is 2. The quantitative estimate of drug-likeness (QED) is 0.188. The Morgan fingerprint density at radius 1 is 0.769 bits per heavy atom. The number of benzene rings is 2. The van der Waals surface area contributed by atoms with Crippen LogP contribution in [0.1, 0.15) is 59.3 Å². The molecular formula is C28H41O9PS. The highest BCUT2D eigenvalue weighted by Crippen LogP contribution is 2.59. The molecule has 0 atom stereocenters. The van der Waals surface area contributed by atoms with Crippen LogP contribution in [0, 0.1) is 0 Å². The predicted molar refractivity (Wildman–Crippen MR) is 153 cm³/mol. The first kappa shape index (κ1) is 34.3. The van der Waals surface area contributed by atoms with Crippen molar-refractivity contribution in [3.63, 3.8) is 0 Å². The lowest BCUT2D eigenvalue weighted by Gasteiger charge is -2.27. The molecule has 0 aliphatic heterocycles. The van der Waals surface area contributed by atoms with Crippen molar-refractivity contribution in [2.75, 3.05) is 31.7 Å². The number of hydrogen-bond acceptors (Lipinski definition) is 7. The van der Waals surface area contributed by atoms with Crippen LogP contribution in [0.4, 0.5) is 0 Å². The van der Waals surface area contributed by atoms with Crippen LogP contribution < -0.4 is 14.8 Å². The monoisotopic (exact) mass is 584 g/mol. The van der Waals surface area contributed by atoms with Crippen molar-refractivity contribution in [1.29, 1.82) is 0 Å². The first-order valence-corrected chi connectivity index (χ1v) is 16.9. The molecule has 9 nitrogen and oxygen atoms in total. The lowest BCUT2D eigenvalue weighted by atomic mass is 10.3. The third kappa shape index (κ3) is 13.3. The average Bonchev–Trinajstić information content (AvgIpc) is 2.91. The molecule has 0 aliphatic carbocycles. The summed E-state index contributed by atoms with van der Waals surface area (Å²) >= 11 is 0. The number of rotatable bonds is 17. The zero-order valence-electron chi connectivity index (χ0n) is 23.0. The van der Waals surface area contributed by atoms with Crippen molar-refractivity contribution >= 4 is 34.6 Å². The smallest absolute Gasteiger partial charge is 0.341 e. The Hall–Kier alpha value is -2.68. The zero-order valence-corrected chi connectivity index (χ0v) is 24.7. The van der Waals surface area contributed by atoms with E-state index in [1.807, 2.05) is 0 Å². The Balaban J connectivity index is 0.000000391. The van der Waals surface area contributed by atoms with E-state index in [4.69, 9.17) is 19.7 Å². The second kappa shape index (κ2) is 17.8. The molecule has 39 heavy (non-hydrogen) atoms. The standard InChI is InChI=1S/C18H32P.C10H10O9S/c1-4-7-15-19(16-8-5-2,17-9-6-3)18-13-11-10-12-14-18;11-9(12)4-18-6-1-7(19-5-10(13)14)3-8(2-6)20(15,16)17/h10-14H,4-9,15-17H2,1-3H3;1-3H,4-5H2,(H,11,12)(H,13,14)(H,15,16,17)/q+1;/p-1. The summed E-state index contributed by atoms with van der Waals surface area (Å²) < 4.78 is 42.2. The van der Waals surface area contributed by atoms with Crippen LogP contribution in [0.15, 0.2) is 53.4 Å². The van der Waals surface area contributed by atoms with Gasteiger partial charge in [-0.25, -0.2) is 18.0 Å². The van der Waals surface area contributed by atoms with Gasteiger partial charge in [0, 0.05) is 13.3 Å². The molecule has 11 heteroatoms. The van der Waals surface area contributed by atoms with Gasteiger partial charge in [0.2, 0.25) is 0 Å². The highest BCUT2D eigenvalue weighted by Gasteiger charge is 2.37. The molecule has 0 aromatic heterocycles. The summed E-state index contributed by atoms with van der Waals surface area (Å²) in [6.07, 6.45) is 12.7. The molecule has 0 unspecified atom stereocenters. The van der Waals surface area contributed by atoms with Crippen LogP contribution in [0.25, 0.3) is 0 Å². The van der Waals surface area contributed by atoms with Gasteiger partial charge in [-0.2, -0.15) is 0 Å². The summed E-state index contributed by atoms with van der Waals surface area (Å²) in [5.41, 5.74) is 0. The van der Waals surface area contributed by atoms with E-state index in [-0.39, 0.29) is 11.5 Å². The Kier molecular flexibility index (Phi) is 15.7. The molecular weight excluding hydrogens is 543 g/mol. The molecule has 0 heterocycles. The van der Waals surface area contributed by atoms with Gasteiger partial charge >= 0.3 is 11.9 Å². The second-order valence-corrected chi connectivity index (χ2v) is 14.7. The molecule has 0 saturated heterocycles. The third-order valence-corrected chi connectivity index (χ3v) is 11.7. The van der Waals surface area contributed by atoms with Gasteiger partial charge in [-0.15, -0.1) is 0 Å². The fraction of sp³-hybridized carbons (Fsp3) is 0.500. The van der Waals surface area contributed by atoms with E-state index in [0.717, 1.165) is 18.2 Å². The summed E-state index contributed by atoms with van der Waals surface area (Å²) in [6.45, 7) is 5.47. The van der Waals surface area contributed by atoms with Crippen molar-refractivity contribution in [1.82, 2.24) is 0 Å². The Labute approximate surface area is 232 Å². The van der Waals surface area contributed by atoms with E-state index in [9.17, 15) is 22.6 Å². The largest absolute Gasteiger partial charge is 0.744 e. The topological polar surface area (TPSA) is 150 Å². The number of ether oxygens (including phenoxy) is 2. The fourth-order valence-electron chi connectivity index (χ4n) is 4.00. The van der Waals surface area contributed by atoms with Crippen molar-refractivity contribution in [2.45, 2.75) is 64.2 Å². The average molecular weight is 585 g/mol. The van der Waals surface area contributed by atoms with E-state index in [1.54, 1.807) is 5.30 Å². The zero-order chi connectivity index (χ0) is 29.3. The number of carbonyl (C=O) groups is 2. The summed E-state index contributed by atoms with van der Waals surface area (Å²) in [4.78, 5) is 20.0. The van der Waals surface area contributed by atoms with Gasteiger partial charge in [-0.1, -0.05) is 58.2 Å². The molecule has 0 aliphatic rings. The number of hydrogen-bond donors (Lipinski definition) is 2. The van der Waals surface area contributed by atoms with Gasteiger partial charge in [-0.3, -0.25) is 0 Å². The van der Waals surface area contributed by atoms with Crippen molar-refractivity contribution in [2.24, 2.45) is 0 Å². The van der Waals surface area contributed by atoms with Crippen LogP contribution in [0.2, 0.25) is 0 Å². The second-order valence-electron chi connectivity index (χ2n) is 9.17. The molecule has 218 valence electrons. The first-order valence-electron chi connectivity index (χ1n) is 13.2. The SMILES string of the molecule is CCCC[P+](CCCC)(CCCC)c1ccccc1.O=C(O)COc1cc(OCC(=O)O)cc(S(=O)(=O)[O-])c1. The minimum absolute atomic E-state index is 0.246. The minimum atomic E-state index is -4.83. The maximum absolute atomic E-state index is 10.9. The number of aliphatic carboxylic acids is 2. The van der Waals surface area contributed by atoms with Gasteiger partial charge in [-0.05, 0) is 43.5 Å². The normalized spacial score (nSPS) is 11.3. The van der Waals surface area contributed by atoms with Crippen molar-refractivity contribution < 1.29 is 42.2 Å². The highest BCUT2D eigenvalue weighted by atomic mass is 32.2. The van der Waals surface area contributed by atoms with Gasteiger partial charge in [0.15, 0.2) is 13.2 Å².